The van der Waals surface area contributed by atoms with Crippen molar-refractivity contribution in [3.63, 3.8) is 0 Å². The Morgan fingerprint density at radius 1 is 1.50 bits per heavy atom. The third kappa shape index (κ3) is 1.12. The summed E-state index contributed by atoms with van der Waals surface area (Å²) in [6, 6.07) is 0. The molecule has 0 bridgehead atoms. The summed E-state index contributed by atoms with van der Waals surface area (Å²) in [6.07, 6.45) is 4.85. The van der Waals surface area contributed by atoms with Gasteiger partial charge in [0.25, 0.3) is 0 Å². The fraction of sp³-hybridized carbons (Fsp3) is 0.800. The van der Waals surface area contributed by atoms with Gasteiger partial charge in [-0.1, -0.05) is 26.8 Å². The molecule has 0 radical (unpaired) electrons. The minimum absolute atomic E-state index is 0.430. The molecule has 58 valence electrons. The highest BCUT2D eigenvalue weighted by atomic mass is 14.4. The van der Waals surface area contributed by atoms with Crippen molar-refractivity contribution in [2.24, 2.45) is 17.3 Å². The summed E-state index contributed by atoms with van der Waals surface area (Å²) in [5.41, 5.74) is 0.430. The summed E-state index contributed by atoms with van der Waals surface area (Å²) >= 11 is 0. The molecule has 1 rings (SSSR count). The summed E-state index contributed by atoms with van der Waals surface area (Å²) in [7, 11) is 0. The second kappa shape index (κ2) is 2.41. The lowest BCUT2D eigenvalue weighted by atomic mass is 9.81. The third-order valence-electron chi connectivity index (χ3n) is 3.14. The molecule has 0 aromatic carbocycles. The standard InChI is InChI=1S/C10H18/c1-5-10(4)7-8(2)6-9(10)3/h5,8-9H,1,6-7H2,2-4H3. The molecule has 10 heavy (non-hydrogen) atoms. The topological polar surface area (TPSA) is 0 Å². The molecule has 0 aromatic rings. The maximum atomic E-state index is 3.90. The molecule has 0 nitrogen and oxygen atoms in total. The van der Waals surface area contributed by atoms with Crippen LogP contribution in [0.4, 0.5) is 0 Å². The molecule has 0 N–H and O–H groups in total. The zero-order chi connectivity index (χ0) is 7.78. The summed E-state index contributed by atoms with van der Waals surface area (Å²) < 4.78 is 0. The number of hydrogen-bond acceptors (Lipinski definition) is 0. The van der Waals surface area contributed by atoms with E-state index in [2.05, 4.69) is 33.4 Å². The molecule has 0 heteroatoms. The van der Waals surface area contributed by atoms with E-state index in [0.29, 0.717) is 5.41 Å². The van der Waals surface area contributed by atoms with Gasteiger partial charge in [-0.25, -0.2) is 0 Å². The van der Waals surface area contributed by atoms with Gasteiger partial charge in [0.05, 0.1) is 0 Å². The molecule has 1 aliphatic rings. The second-order valence-electron chi connectivity index (χ2n) is 4.16. The summed E-state index contributed by atoms with van der Waals surface area (Å²) in [5, 5.41) is 0. The molecule has 0 aliphatic heterocycles. The average Bonchev–Trinajstić information content (AvgIpc) is 2.09. The summed E-state index contributed by atoms with van der Waals surface area (Å²) in [4.78, 5) is 0. The lowest BCUT2D eigenvalue weighted by Gasteiger charge is -2.24. The molecule has 3 atom stereocenters. The highest BCUT2D eigenvalue weighted by molar-refractivity contribution is 5.00. The Kier molecular flexibility index (Phi) is 1.89. The Balaban J connectivity index is 2.70. The largest absolute Gasteiger partial charge is 0.103 e. The van der Waals surface area contributed by atoms with Crippen LogP contribution < -0.4 is 0 Å². The van der Waals surface area contributed by atoms with Gasteiger partial charge in [-0.2, -0.15) is 0 Å². The monoisotopic (exact) mass is 138 g/mol. The van der Waals surface area contributed by atoms with Crippen LogP contribution in [0.15, 0.2) is 12.7 Å². The van der Waals surface area contributed by atoms with Crippen LogP contribution in [0.2, 0.25) is 0 Å². The Morgan fingerprint density at radius 3 is 2.30 bits per heavy atom. The first-order valence-electron chi connectivity index (χ1n) is 4.22. The summed E-state index contributed by atoms with van der Waals surface area (Å²) in [5.74, 6) is 1.73. The quantitative estimate of drug-likeness (QED) is 0.488. The van der Waals surface area contributed by atoms with E-state index in [1.165, 1.54) is 12.8 Å². The molecule has 3 unspecified atom stereocenters. The average molecular weight is 138 g/mol. The van der Waals surface area contributed by atoms with Gasteiger partial charge >= 0.3 is 0 Å². The van der Waals surface area contributed by atoms with Crippen LogP contribution in [-0.2, 0) is 0 Å². The third-order valence-corrected chi connectivity index (χ3v) is 3.14. The van der Waals surface area contributed by atoms with Crippen LogP contribution in [0.3, 0.4) is 0 Å². The molecular weight excluding hydrogens is 120 g/mol. The zero-order valence-electron chi connectivity index (χ0n) is 7.35. The molecular formula is C10H18. The van der Waals surface area contributed by atoms with E-state index in [0.717, 1.165) is 11.8 Å². The lowest BCUT2D eigenvalue weighted by molar-refractivity contribution is 0.330. The Hall–Kier alpha value is -0.260. The highest BCUT2D eigenvalue weighted by Gasteiger charge is 2.36. The van der Waals surface area contributed by atoms with E-state index in [4.69, 9.17) is 0 Å². The van der Waals surface area contributed by atoms with Crippen LogP contribution in [0.5, 0.6) is 0 Å². The van der Waals surface area contributed by atoms with E-state index in [9.17, 15) is 0 Å². The van der Waals surface area contributed by atoms with Crippen molar-refractivity contribution in [3.05, 3.63) is 12.7 Å². The van der Waals surface area contributed by atoms with Crippen molar-refractivity contribution >= 4 is 0 Å². The van der Waals surface area contributed by atoms with E-state index < -0.39 is 0 Å². The van der Waals surface area contributed by atoms with Gasteiger partial charge in [0.15, 0.2) is 0 Å². The Labute approximate surface area is 64.3 Å². The number of hydrogen-bond donors (Lipinski definition) is 0. The van der Waals surface area contributed by atoms with Crippen molar-refractivity contribution in [1.29, 1.82) is 0 Å². The molecule has 0 spiro atoms. The number of allylic oxidation sites excluding steroid dienone is 1. The van der Waals surface area contributed by atoms with Gasteiger partial charge < -0.3 is 0 Å². The smallest absolute Gasteiger partial charge is 0.0121 e. The zero-order valence-corrected chi connectivity index (χ0v) is 7.35. The van der Waals surface area contributed by atoms with Gasteiger partial charge in [0.1, 0.15) is 0 Å². The maximum Gasteiger partial charge on any atom is -0.0121 e. The normalized spacial score (nSPS) is 47.5. The summed E-state index contributed by atoms with van der Waals surface area (Å²) in [6.45, 7) is 10.9. The molecule has 0 amide bonds. The van der Waals surface area contributed by atoms with Crippen LogP contribution in [0, 0.1) is 17.3 Å². The van der Waals surface area contributed by atoms with Crippen molar-refractivity contribution in [3.8, 4) is 0 Å². The predicted octanol–water partition coefficient (Wildman–Crippen LogP) is 3.24. The minimum atomic E-state index is 0.430. The van der Waals surface area contributed by atoms with Gasteiger partial charge in [0, 0.05) is 0 Å². The highest BCUT2D eigenvalue weighted by Crippen LogP contribution is 2.46. The van der Waals surface area contributed by atoms with Gasteiger partial charge in [-0.15, -0.1) is 6.58 Å². The molecule has 0 aromatic heterocycles. The van der Waals surface area contributed by atoms with Gasteiger partial charge in [0.2, 0.25) is 0 Å². The van der Waals surface area contributed by atoms with Gasteiger partial charge in [-0.3, -0.25) is 0 Å². The van der Waals surface area contributed by atoms with Crippen molar-refractivity contribution in [2.75, 3.05) is 0 Å². The molecule has 1 fully saturated rings. The van der Waals surface area contributed by atoms with Crippen LogP contribution in [0.1, 0.15) is 33.6 Å². The van der Waals surface area contributed by atoms with E-state index >= 15 is 0 Å². The first-order chi connectivity index (χ1) is 4.58. The van der Waals surface area contributed by atoms with E-state index in [1.807, 2.05) is 0 Å². The van der Waals surface area contributed by atoms with Crippen LogP contribution in [-0.4, -0.2) is 0 Å². The molecule has 0 heterocycles. The minimum Gasteiger partial charge on any atom is -0.103 e. The van der Waals surface area contributed by atoms with Crippen molar-refractivity contribution in [1.82, 2.24) is 0 Å². The first-order valence-corrected chi connectivity index (χ1v) is 4.22. The van der Waals surface area contributed by atoms with Crippen molar-refractivity contribution < 1.29 is 0 Å². The fourth-order valence-electron chi connectivity index (χ4n) is 2.19. The maximum absolute atomic E-state index is 3.90. The Bertz CT molecular complexity index is 137. The first kappa shape index (κ1) is 7.84. The molecule has 1 aliphatic carbocycles. The van der Waals surface area contributed by atoms with Crippen molar-refractivity contribution in [2.45, 2.75) is 33.6 Å². The van der Waals surface area contributed by atoms with E-state index in [1.54, 1.807) is 0 Å². The molecule has 0 saturated heterocycles. The van der Waals surface area contributed by atoms with E-state index in [-0.39, 0.29) is 0 Å². The SMILES string of the molecule is C=CC1(C)CC(C)CC1C. The second-order valence-corrected chi connectivity index (χ2v) is 4.16. The fourth-order valence-corrected chi connectivity index (χ4v) is 2.19. The lowest BCUT2D eigenvalue weighted by Crippen LogP contribution is -2.15. The van der Waals surface area contributed by atoms with Gasteiger partial charge in [-0.05, 0) is 30.1 Å². The predicted molar refractivity (Wildman–Crippen MR) is 45.9 cm³/mol. The Morgan fingerprint density at radius 2 is 2.10 bits per heavy atom. The van der Waals surface area contributed by atoms with Crippen LogP contribution >= 0.6 is 0 Å². The number of rotatable bonds is 1. The molecule has 1 saturated carbocycles. The van der Waals surface area contributed by atoms with Crippen LogP contribution in [0.25, 0.3) is 0 Å².